The van der Waals surface area contributed by atoms with Crippen molar-refractivity contribution in [3.05, 3.63) is 36.4 Å². The van der Waals surface area contributed by atoms with E-state index >= 15 is 0 Å². The normalized spacial score (nSPS) is 35.5. The van der Waals surface area contributed by atoms with Crippen molar-refractivity contribution in [3.8, 4) is 0 Å². The lowest BCUT2D eigenvalue weighted by molar-refractivity contribution is -0.105. The molecule has 38 heavy (non-hydrogen) atoms. The molecule has 4 saturated carbocycles. The van der Waals surface area contributed by atoms with Crippen molar-refractivity contribution in [1.29, 1.82) is 0 Å². The molecule has 0 spiro atoms. The van der Waals surface area contributed by atoms with Crippen LogP contribution >= 0.6 is 0 Å². The molecule has 7 aliphatic rings. The Hall–Kier alpha value is -1.63. The predicted molar refractivity (Wildman–Crippen MR) is 153 cm³/mol. The average Bonchev–Trinajstić information content (AvgIpc) is 3.50. The van der Waals surface area contributed by atoms with Gasteiger partial charge in [-0.1, -0.05) is 24.3 Å². The third kappa shape index (κ3) is 3.80. The number of hydrogen-bond acceptors (Lipinski definition) is 4. The van der Waals surface area contributed by atoms with Crippen molar-refractivity contribution in [2.75, 3.05) is 43.6 Å². The summed E-state index contributed by atoms with van der Waals surface area (Å²) in [6, 6.07) is 12.5. The van der Waals surface area contributed by atoms with E-state index in [-0.39, 0.29) is 0 Å². The number of rotatable bonds is 6. The van der Waals surface area contributed by atoms with Gasteiger partial charge in [0.1, 0.15) is 0 Å². The molecule has 6 fully saturated rings. The third-order valence-electron chi connectivity index (χ3n) is 11.6. The summed E-state index contributed by atoms with van der Waals surface area (Å²) < 4.78 is 28.8. The largest absolute Gasteiger partial charge is 0.302 e. The van der Waals surface area contributed by atoms with Crippen LogP contribution in [0.3, 0.4) is 0 Å². The first kappa shape index (κ1) is 24.2. The second kappa shape index (κ2) is 8.94. The summed E-state index contributed by atoms with van der Waals surface area (Å²) in [6.07, 6.45) is 14.0. The first-order chi connectivity index (χ1) is 18.5. The molecule has 0 radical (unpaired) electrons. The highest BCUT2D eigenvalue weighted by Crippen LogP contribution is 2.62. The minimum atomic E-state index is -3.45. The highest BCUT2D eigenvalue weighted by molar-refractivity contribution is 7.93. The van der Waals surface area contributed by atoms with E-state index in [9.17, 15) is 8.42 Å². The first-order valence-corrected chi connectivity index (χ1v) is 16.9. The topological polar surface area (TPSA) is 43.9 Å². The number of sulfonamides is 1. The molecular weight excluding hydrogens is 490 g/mol. The van der Waals surface area contributed by atoms with Gasteiger partial charge in [-0.25, -0.2) is 8.42 Å². The van der Waals surface area contributed by atoms with E-state index < -0.39 is 10.0 Å². The summed E-state index contributed by atoms with van der Waals surface area (Å²) in [4.78, 5) is 6.17. The summed E-state index contributed by atoms with van der Waals surface area (Å²) in [5.41, 5.74) is 1.46. The Balaban J connectivity index is 0.970. The fourth-order valence-corrected chi connectivity index (χ4v) is 12.1. The molecule has 6 heteroatoms. The molecule has 0 aromatic heterocycles. The fourth-order valence-electron chi connectivity index (χ4n) is 10.3. The highest BCUT2D eigenvalue weighted by atomic mass is 32.2. The predicted octanol–water partition coefficient (Wildman–Crippen LogP) is 5.74. The van der Waals surface area contributed by atoms with Crippen molar-refractivity contribution in [1.82, 2.24) is 9.80 Å². The number of anilines is 1. The van der Waals surface area contributed by atoms with Crippen LogP contribution in [0.5, 0.6) is 0 Å². The summed E-state index contributed by atoms with van der Waals surface area (Å²) in [6.45, 7) is 6.71. The number of piperidine rings is 1. The molecule has 1 unspecified atom stereocenters. The van der Waals surface area contributed by atoms with Gasteiger partial charge in [0.2, 0.25) is 0 Å². The molecule has 0 N–H and O–H groups in total. The minimum absolute atomic E-state index is 0.426. The van der Waals surface area contributed by atoms with Crippen molar-refractivity contribution >= 4 is 26.5 Å². The van der Waals surface area contributed by atoms with E-state index in [0.29, 0.717) is 22.8 Å². The molecule has 2 aromatic rings. The van der Waals surface area contributed by atoms with Crippen LogP contribution in [-0.4, -0.2) is 63.5 Å². The summed E-state index contributed by atoms with van der Waals surface area (Å²) in [5, 5.41) is 1.94. The van der Waals surface area contributed by atoms with E-state index in [1.807, 2.05) is 30.3 Å². The number of benzene rings is 2. The molecule has 5 nitrogen and oxygen atoms in total. The van der Waals surface area contributed by atoms with Gasteiger partial charge in [-0.3, -0.25) is 9.21 Å². The molecule has 4 aliphatic carbocycles. The van der Waals surface area contributed by atoms with Crippen LogP contribution in [0.2, 0.25) is 0 Å². The quantitative estimate of drug-likeness (QED) is 0.475. The van der Waals surface area contributed by atoms with Crippen LogP contribution in [0.15, 0.2) is 41.3 Å². The standard InChI is InChI=1S/C32H43N3O2S/c36-38(37)29-8-4-6-27-5-3-7-28(31(27)29)35(38)21-23-9-13-33(14-10-23)22-30(34-11-1-2-12-34)32-18-24-15-25(19-32)17-26(16-24)20-32/h3-8,23-26,30H,1-2,9-22H2. The van der Waals surface area contributed by atoms with E-state index in [4.69, 9.17) is 0 Å². The maximum atomic E-state index is 13.5. The lowest BCUT2D eigenvalue weighted by Gasteiger charge is -2.61. The highest BCUT2D eigenvalue weighted by Gasteiger charge is 2.55. The Bertz CT molecular complexity index is 1280. The fraction of sp³-hybridized carbons (Fsp3) is 0.688. The zero-order chi connectivity index (χ0) is 25.5. The third-order valence-corrected chi connectivity index (χ3v) is 13.4. The molecule has 2 aromatic carbocycles. The summed E-state index contributed by atoms with van der Waals surface area (Å²) in [5.74, 6) is 3.45. The summed E-state index contributed by atoms with van der Waals surface area (Å²) in [7, 11) is -3.45. The van der Waals surface area contributed by atoms with E-state index in [1.54, 1.807) is 10.4 Å². The van der Waals surface area contributed by atoms with E-state index in [2.05, 4.69) is 9.80 Å². The monoisotopic (exact) mass is 533 g/mol. The van der Waals surface area contributed by atoms with Gasteiger partial charge < -0.3 is 4.90 Å². The van der Waals surface area contributed by atoms with Crippen LogP contribution in [0.4, 0.5) is 5.69 Å². The van der Waals surface area contributed by atoms with Gasteiger partial charge in [0.25, 0.3) is 10.0 Å². The second-order valence-electron chi connectivity index (χ2n) is 14.0. The molecule has 204 valence electrons. The lowest BCUT2D eigenvalue weighted by atomic mass is 9.47. The van der Waals surface area contributed by atoms with E-state index in [0.717, 1.165) is 66.2 Å². The molecule has 3 heterocycles. The van der Waals surface area contributed by atoms with Gasteiger partial charge in [0.15, 0.2) is 0 Å². The number of nitrogens with zero attached hydrogens (tertiary/aromatic N) is 3. The zero-order valence-electron chi connectivity index (χ0n) is 22.7. The van der Waals surface area contributed by atoms with E-state index in [1.165, 1.54) is 71.0 Å². The second-order valence-corrected chi connectivity index (χ2v) is 15.8. The molecule has 9 rings (SSSR count). The Labute approximate surface area is 228 Å². The van der Waals surface area contributed by atoms with Crippen LogP contribution in [0, 0.1) is 29.1 Å². The van der Waals surface area contributed by atoms with Crippen molar-refractivity contribution in [2.24, 2.45) is 29.1 Å². The lowest BCUT2D eigenvalue weighted by Crippen LogP contribution is -2.60. The Morgan fingerprint density at radius 3 is 2.13 bits per heavy atom. The Morgan fingerprint density at radius 2 is 1.47 bits per heavy atom. The first-order valence-electron chi connectivity index (χ1n) is 15.5. The van der Waals surface area contributed by atoms with Crippen LogP contribution in [-0.2, 0) is 10.0 Å². The molecular formula is C32H43N3O2S. The molecule has 4 bridgehead atoms. The number of hydrogen-bond donors (Lipinski definition) is 0. The summed E-state index contributed by atoms with van der Waals surface area (Å²) >= 11 is 0. The van der Waals surface area contributed by atoms with Gasteiger partial charge in [0, 0.05) is 24.5 Å². The van der Waals surface area contributed by atoms with Crippen LogP contribution in [0.25, 0.3) is 10.8 Å². The Morgan fingerprint density at radius 1 is 0.842 bits per heavy atom. The molecule has 2 saturated heterocycles. The minimum Gasteiger partial charge on any atom is -0.302 e. The smallest absolute Gasteiger partial charge is 0.265 e. The van der Waals surface area contributed by atoms with Crippen LogP contribution < -0.4 is 4.31 Å². The van der Waals surface area contributed by atoms with Gasteiger partial charge in [0.05, 0.1) is 10.6 Å². The van der Waals surface area contributed by atoms with Gasteiger partial charge >= 0.3 is 0 Å². The van der Waals surface area contributed by atoms with Gasteiger partial charge in [-0.2, -0.15) is 0 Å². The van der Waals surface area contributed by atoms with Gasteiger partial charge in [-0.15, -0.1) is 0 Å². The van der Waals surface area contributed by atoms with Crippen molar-refractivity contribution in [3.63, 3.8) is 0 Å². The Kier molecular flexibility index (Phi) is 5.69. The zero-order valence-corrected chi connectivity index (χ0v) is 23.5. The van der Waals surface area contributed by atoms with Crippen LogP contribution in [0.1, 0.15) is 64.2 Å². The number of likely N-dealkylation sites (tertiary alicyclic amines) is 2. The van der Waals surface area contributed by atoms with Gasteiger partial charge in [-0.05, 0) is 137 Å². The average molecular weight is 534 g/mol. The SMILES string of the molecule is O=S1(=O)c2cccc3cccc(c23)N1CC1CCN(CC(N2CCCC2)C23CC4CC(CC(C4)C2)C3)CC1. The van der Waals surface area contributed by atoms with Crippen molar-refractivity contribution in [2.45, 2.75) is 75.1 Å². The maximum Gasteiger partial charge on any atom is 0.265 e. The molecule has 0 amide bonds. The molecule has 1 atom stereocenters. The molecule has 3 aliphatic heterocycles. The van der Waals surface area contributed by atoms with Crippen molar-refractivity contribution < 1.29 is 8.42 Å². The maximum absolute atomic E-state index is 13.5.